The lowest BCUT2D eigenvalue weighted by Crippen LogP contribution is -2.65. The van der Waals surface area contributed by atoms with Gasteiger partial charge in [0.05, 0.1) is 50.2 Å². The summed E-state index contributed by atoms with van der Waals surface area (Å²) in [5.74, 6) is -6.93. The minimum atomic E-state index is -1.16. The lowest BCUT2D eigenvalue weighted by molar-refractivity contribution is 0.467. The molecule has 6 aliphatic rings. The van der Waals surface area contributed by atoms with E-state index < -0.39 is 95.4 Å². The molecule has 16 aromatic carbocycles. The van der Waals surface area contributed by atoms with Crippen LogP contribution in [0.4, 0.5) is 95.1 Å². The normalized spacial score (nSPS) is 13.7. The number of hydrogen-bond acceptors (Lipinski definition) is 8. The Labute approximate surface area is 704 Å². The Bertz CT molecular complexity index is 8330. The molecule has 0 unspecified atom stereocenters. The second-order valence-corrected chi connectivity index (χ2v) is 34.2. The molecule has 21 aromatic rings. The zero-order valence-electron chi connectivity index (χ0n) is 63.9. The molecule has 0 aliphatic carbocycles. The minimum Gasteiger partial charge on any atom is -0.458 e. The zero-order chi connectivity index (χ0) is 82.6. The maximum atomic E-state index is 18.5. The predicted molar refractivity (Wildman–Crippen MR) is 477 cm³/mol. The highest BCUT2D eigenvalue weighted by atomic mass is 32.1. The molecule has 0 saturated carbocycles. The average Bonchev–Trinajstić information content (AvgIpc) is 1.60. The number of rotatable bonds is 6. The summed E-state index contributed by atoms with van der Waals surface area (Å²) in [5, 5.41) is 4.77. The molecule has 0 fully saturated rings. The fraction of sp³-hybridized carbons (Fsp3) is 0. The van der Waals surface area contributed by atoms with Gasteiger partial charge in [-0.15, -0.1) is 22.7 Å². The summed E-state index contributed by atoms with van der Waals surface area (Å²) in [6, 6.07) is 77.4. The van der Waals surface area contributed by atoms with Crippen LogP contribution in [0.25, 0.3) is 103 Å². The molecule has 124 heavy (non-hydrogen) atoms. The van der Waals surface area contributed by atoms with Crippen LogP contribution >= 0.6 is 22.7 Å². The summed E-state index contributed by atoms with van der Waals surface area (Å²) < 4.78 is 208. The fourth-order valence-corrected chi connectivity index (χ4v) is 23.5. The van der Waals surface area contributed by atoms with Crippen LogP contribution < -0.4 is 76.7 Å². The van der Waals surface area contributed by atoms with E-state index in [1.165, 1.54) is 101 Å². The number of thiophene rings is 2. The Hall–Kier alpha value is -14.9. The van der Waals surface area contributed by atoms with Crippen LogP contribution in [0, 0.1) is 58.2 Å². The number of halogens is 10. The first-order valence-electron chi connectivity index (χ1n) is 40.1. The van der Waals surface area contributed by atoms with E-state index in [1.807, 2.05) is 126 Å². The van der Waals surface area contributed by atoms with Crippen molar-refractivity contribution in [3.63, 3.8) is 0 Å². The van der Waals surface area contributed by atoms with Crippen LogP contribution in [0.1, 0.15) is 0 Å². The van der Waals surface area contributed by atoms with Gasteiger partial charge in [0.15, 0.2) is 0 Å². The molecule has 586 valence electrons. The van der Waals surface area contributed by atoms with Gasteiger partial charge in [-0.2, -0.15) is 0 Å². The third-order valence-electron chi connectivity index (χ3n) is 25.8. The van der Waals surface area contributed by atoms with Crippen molar-refractivity contribution < 1.29 is 58.1 Å². The number of hydrogen-bond donors (Lipinski definition) is 0. The number of benzene rings is 16. The van der Waals surface area contributed by atoms with E-state index in [0.29, 0.717) is 104 Å². The van der Waals surface area contributed by atoms with Crippen molar-refractivity contribution in [2.24, 2.45) is 0 Å². The van der Waals surface area contributed by atoms with Gasteiger partial charge in [0, 0.05) is 126 Å². The minimum absolute atomic E-state index is 0.00133. The van der Waals surface area contributed by atoms with Gasteiger partial charge in [0.25, 0.3) is 20.1 Å². The second kappa shape index (κ2) is 24.9. The highest BCUT2D eigenvalue weighted by Crippen LogP contribution is 2.55. The summed E-state index contributed by atoms with van der Waals surface area (Å²) in [6.07, 6.45) is 0. The van der Waals surface area contributed by atoms with Gasteiger partial charge in [0.1, 0.15) is 110 Å². The van der Waals surface area contributed by atoms with Gasteiger partial charge in [-0.25, -0.2) is 43.9 Å². The fourth-order valence-electron chi connectivity index (χ4n) is 21.0. The predicted octanol–water partition coefficient (Wildman–Crippen LogP) is 22.0. The summed E-state index contributed by atoms with van der Waals surface area (Å²) in [5.41, 5.74) is 4.39. The number of nitrogens with zero attached hydrogens (tertiary/aromatic N) is 6. The Morgan fingerprint density at radius 2 is 0.556 bits per heavy atom. The lowest BCUT2D eigenvalue weighted by Gasteiger charge is -2.46. The maximum absolute atomic E-state index is 18.5. The summed E-state index contributed by atoms with van der Waals surface area (Å²) in [7, 11) is 0. The van der Waals surface area contributed by atoms with Crippen molar-refractivity contribution in [3.8, 4) is 51.6 Å². The average molecular weight is 1670 g/mol. The number of para-hydroxylation sites is 9. The van der Waals surface area contributed by atoms with Crippen molar-refractivity contribution in [3.05, 3.63) is 343 Å². The molecule has 6 aliphatic heterocycles. The molecule has 24 heteroatoms. The summed E-state index contributed by atoms with van der Waals surface area (Å²) in [4.78, 5) is 4.38. The van der Waals surface area contributed by atoms with E-state index in [0.717, 1.165) is 66.7 Å². The van der Waals surface area contributed by atoms with Crippen LogP contribution in [-0.2, 0) is 0 Å². The van der Waals surface area contributed by atoms with Crippen molar-refractivity contribution >= 4 is 227 Å². The lowest BCUT2D eigenvalue weighted by atomic mass is 9.30. The maximum Gasteiger partial charge on any atom is 0.273 e. The number of fused-ring (bicyclic) bond motifs is 25. The first-order chi connectivity index (χ1) is 60.7. The van der Waals surface area contributed by atoms with Crippen molar-refractivity contribution in [1.29, 1.82) is 0 Å². The van der Waals surface area contributed by atoms with Crippen molar-refractivity contribution in [1.82, 2.24) is 13.7 Å². The van der Waals surface area contributed by atoms with Crippen LogP contribution in [0.5, 0.6) is 34.5 Å². The number of ether oxygens (including phenoxy) is 3. The highest BCUT2D eigenvalue weighted by molar-refractivity contribution is 7.34. The molecule has 0 N–H and O–H groups in total. The van der Waals surface area contributed by atoms with Gasteiger partial charge in [0.2, 0.25) is 0 Å². The molecule has 0 spiro atoms. The van der Waals surface area contributed by atoms with Gasteiger partial charge in [-0.1, -0.05) is 140 Å². The Kier molecular flexibility index (Phi) is 14.0. The van der Waals surface area contributed by atoms with E-state index >= 15 is 43.9 Å². The molecule has 11 heterocycles. The molecular formula is C100H47B3F10N6O3S2. The highest BCUT2D eigenvalue weighted by Gasteiger charge is 2.53. The van der Waals surface area contributed by atoms with Crippen LogP contribution in [0.2, 0.25) is 0 Å². The number of anilines is 9. The number of aromatic nitrogens is 3. The van der Waals surface area contributed by atoms with Crippen LogP contribution in [0.15, 0.2) is 285 Å². The van der Waals surface area contributed by atoms with Gasteiger partial charge >= 0.3 is 0 Å². The van der Waals surface area contributed by atoms with Gasteiger partial charge < -0.3 is 42.6 Å². The molecule has 0 atom stereocenters. The molecule has 9 nitrogen and oxygen atoms in total. The smallest absolute Gasteiger partial charge is 0.273 e. The van der Waals surface area contributed by atoms with E-state index in [1.54, 1.807) is 72.8 Å². The van der Waals surface area contributed by atoms with E-state index in [-0.39, 0.29) is 84.8 Å². The van der Waals surface area contributed by atoms with Gasteiger partial charge in [-0.3, -0.25) is 0 Å². The standard InChI is InChI=1S/C100H47B3F10N6O3S2/c104-63-24-9-20-53-54-21-10-25-64(105)91(54)115(90(53)63)49-40-80-88-82(41-49)121-97-57-18-3-7-36-85(57)123-99(97)102(88)61-44-59-75(46-76(61)118(80)95-69(110)30-14-31-70(95)111)117(94-67(108)28-13-29-68(94)109)78-38-48(114-73-34-5-1-16-51(73)52-17-2-6-35-74(52)114)39-79-87(78)101(59)60-45-62-81(47-77(60)119(79)96-71(112)32-15-33-72(96)113)120-83-42-50(116-92-55(22-11-26-65(92)106)56-23-12-27-66(107)93(56)116)43-84-89(83)103(62)100-98(122-84)58-19-4-8-37-86(58)124-100/h1-47H. The monoisotopic (exact) mass is 1670 g/mol. The molecular weight excluding hydrogens is 1620 g/mol. The van der Waals surface area contributed by atoms with Gasteiger partial charge in [-0.05, 0) is 154 Å². The molecule has 0 radical (unpaired) electrons. The van der Waals surface area contributed by atoms with Crippen LogP contribution in [-0.4, -0.2) is 33.8 Å². The zero-order valence-corrected chi connectivity index (χ0v) is 65.5. The molecule has 0 bridgehead atoms. The quantitative estimate of drug-likeness (QED) is 0.122. The second-order valence-electron chi connectivity index (χ2n) is 32.0. The summed E-state index contributed by atoms with van der Waals surface area (Å²) in [6.45, 7) is -2.91. The Morgan fingerprint density at radius 1 is 0.234 bits per heavy atom. The van der Waals surface area contributed by atoms with E-state index in [4.69, 9.17) is 14.2 Å². The first-order valence-corrected chi connectivity index (χ1v) is 41.7. The largest absolute Gasteiger partial charge is 0.458 e. The Morgan fingerprint density at radius 3 is 1.00 bits per heavy atom. The van der Waals surface area contributed by atoms with Crippen molar-refractivity contribution in [2.45, 2.75) is 0 Å². The molecule has 0 amide bonds. The topological polar surface area (TPSA) is 52.2 Å². The molecule has 0 saturated heterocycles. The van der Waals surface area contributed by atoms with Crippen LogP contribution in [0.3, 0.4) is 0 Å². The Balaban J connectivity index is 0.796. The van der Waals surface area contributed by atoms with E-state index in [9.17, 15) is 0 Å². The summed E-state index contributed by atoms with van der Waals surface area (Å²) >= 11 is 2.92. The molecule has 27 rings (SSSR count). The SMILES string of the molecule is Fc1cccc(F)c1N1c2cc3c(cc2B2c4sc5ccccc5c4Oc4cc(-n5c6c(F)cccc6c6cccc(F)c65)cc1c42)B1c2cc4c(cc2N(c2c(F)cccc2F)c2cc(-n5c6ccccc6c6ccccc65)cc(c21)N3c1c(F)cccc1F)Oc1cc(-n2c3c(F)cccc3c3cccc(F)c32)cc2c1B4c1sc3ccccc3c1O2. The third-order valence-corrected chi connectivity index (χ3v) is 28.2. The third kappa shape index (κ3) is 9.15. The van der Waals surface area contributed by atoms with Crippen molar-refractivity contribution in [2.75, 3.05) is 14.7 Å². The van der Waals surface area contributed by atoms with E-state index in [2.05, 4.69) is 0 Å². The first kappa shape index (κ1) is 69.9. The molecule has 5 aromatic heterocycles.